The zero-order valence-corrected chi connectivity index (χ0v) is 17.7. The van der Waals surface area contributed by atoms with E-state index in [0.717, 1.165) is 22.6 Å². The van der Waals surface area contributed by atoms with Gasteiger partial charge in [-0.3, -0.25) is 0 Å². The maximum atomic E-state index is 3.83. The van der Waals surface area contributed by atoms with Crippen LogP contribution in [0.2, 0.25) is 0 Å². The molecule has 2 aromatic rings. The van der Waals surface area contributed by atoms with Crippen LogP contribution in [-0.2, 0) is 16.5 Å². The molecule has 0 unspecified atom stereocenters. The molecule has 5 heteroatoms. The monoisotopic (exact) mass is 424 g/mol. The predicted molar refractivity (Wildman–Crippen MR) is 110 cm³/mol. The Labute approximate surface area is 167 Å². The third-order valence-corrected chi connectivity index (χ3v) is 7.31. The van der Waals surface area contributed by atoms with Gasteiger partial charge in [0.15, 0.2) is 0 Å². The molecule has 0 atom stereocenters. The first kappa shape index (κ1) is 23.1. The molecule has 0 aromatic heterocycles. The first-order chi connectivity index (χ1) is 10.7. The molecule has 0 spiro atoms. The van der Waals surface area contributed by atoms with Gasteiger partial charge in [0.05, 0.1) is 0 Å². The van der Waals surface area contributed by atoms with Crippen molar-refractivity contribution in [3.8, 4) is 0 Å². The van der Waals surface area contributed by atoms with Gasteiger partial charge in [-0.1, -0.05) is 57.0 Å². The van der Waals surface area contributed by atoms with Gasteiger partial charge in [-0.25, -0.2) is 0 Å². The van der Waals surface area contributed by atoms with E-state index in [0.29, 0.717) is 0 Å². The third-order valence-electron chi connectivity index (χ3n) is 2.39. The second-order valence-corrected chi connectivity index (χ2v) is 9.58. The van der Waals surface area contributed by atoms with Crippen molar-refractivity contribution in [3.05, 3.63) is 73.5 Å². The van der Waals surface area contributed by atoms with Crippen LogP contribution in [0.5, 0.6) is 0 Å². The predicted octanol–water partition coefficient (Wildman–Crippen LogP) is 7.26. The first-order valence-electron chi connectivity index (χ1n) is 7.08. The van der Waals surface area contributed by atoms with Gasteiger partial charge in [-0.15, -0.1) is 24.3 Å². The number of benzene rings is 2. The van der Waals surface area contributed by atoms with Gasteiger partial charge in [0.2, 0.25) is 0 Å². The molecule has 128 valence electrons. The molecule has 0 radical (unpaired) electrons. The maximum Gasteiger partial charge on any atom is 2.00 e. The fraction of sp³-hybridized carbons (Fsp3) is 0.222. The van der Waals surface area contributed by atoms with Crippen LogP contribution < -0.4 is 0 Å². The van der Waals surface area contributed by atoms with Gasteiger partial charge in [0.1, 0.15) is 0 Å². The molecule has 0 fully saturated rings. The summed E-state index contributed by atoms with van der Waals surface area (Å²) in [5.41, 5.74) is 2.16. The molecule has 0 saturated heterocycles. The van der Waals surface area contributed by atoms with Crippen LogP contribution in [0.1, 0.15) is 25.0 Å². The molecule has 0 heterocycles. The summed E-state index contributed by atoms with van der Waals surface area (Å²) in [6.07, 6.45) is 0. The van der Waals surface area contributed by atoms with Crippen molar-refractivity contribution in [1.82, 2.24) is 0 Å². The van der Waals surface area contributed by atoms with Gasteiger partial charge < -0.3 is 0 Å². The van der Waals surface area contributed by atoms with Crippen LogP contribution in [0.4, 0.5) is 0 Å². The van der Waals surface area contributed by atoms with Crippen LogP contribution in [-0.4, -0.2) is 11.5 Å². The smallest absolute Gasteiger partial charge is 0.199 e. The normalized spacial score (nSPS) is 9.48. The first-order valence-corrected chi connectivity index (χ1v) is 11.7. The Morgan fingerprint density at radius 2 is 0.957 bits per heavy atom. The van der Waals surface area contributed by atoms with E-state index in [1.54, 1.807) is 0 Å². The zero-order valence-electron chi connectivity index (χ0n) is 13.4. The average molecular weight is 425 g/mol. The van der Waals surface area contributed by atoms with Crippen molar-refractivity contribution >= 4 is 43.2 Å². The molecule has 0 nitrogen and oxygen atoms in total. The Morgan fingerprint density at radius 1 is 0.652 bits per heavy atom. The molecule has 0 bridgehead atoms. The number of hydrogen-bond acceptors (Lipinski definition) is 4. The van der Waals surface area contributed by atoms with E-state index in [2.05, 4.69) is 52.0 Å². The fourth-order valence-electron chi connectivity index (χ4n) is 1.34. The van der Waals surface area contributed by atoms with Crippen LogP contribution in [0.15, 0.2) is 58.3 Å². The molecule has 0 aliphatic heterocycles. The molecule has 0 N–H and O–H groups in total. The molecular weight excluding hydrogens is 403 g/mol. The molecule has 2 rings (SSSR count). The van der Waals surface area contributed by atoms with Crippen molar-refractivity contribution in [2.24, 2.45) is 0 Å². The summed E-state index contributed by atoms with van der Waals surface area (Å²) in [5, 5.41) is 0. The van der Waals surface area contributed by atoms with Crippen molar-refractivity contribution in [2.75, 3.05) is 11.5 Å². The molecule has 0 amide bonds. The standard InChI is InChI=1S/2C9H11S2.Ni/c2*1-3-10-11-9-6-4-8(2)5-7-9;/h2*4-7H,2-3H2,1H3;/q2*-1;+2. The van der Waals surface area contributed by atoms with Crippen molar-refractivity contribution in [1.29, 1.82) is 0 Å². The van der Waals surface area contributed by atoms with Crippen LogP contribution in [0.3, 0.4) is 0 Å². The summed E-state index contributed by atoms with van der Waals surface area (Å²) in [5.74, 6) is 2.30. The van der Waals surface area contributed by atoms with Gasteiger partial charge in [0.25, 0.3) is 0 Å². The molecular formula is C18H22NiS4. The summed E-state index contributed by atoms with van der Waals surface area (Å²) in [4.78, 5) is 2.62. The van der Waals surface area contributed by atoms with Gasteiger partial charge >= 0.3 is 16.5 Å². The molecule has 2 aromatic carbocycles. The maximum absolute atomic E-state index is 3.83. The molecule has 0 saturated carbocycles. The summed E-state index contributed by atoms with van der Waals surface area (Å²) < 4.78 is 0. The Balaban J connectivity index is 0.000000403. The third kappa shape index (κ3) is 11.3. The van der Waals surface area contributed by atoms with E-state index >= 15 is 0 Å². The molecule has 0 aliphatic rings. The Morgan fingerprint density at radius 3 is 1.22 bits per heavy atom. The number of hydrogen-bond donors (Lipinski definition) is 0. The van der Waals surface area contributed by atoms with E-state index in [4.69, 9.17) is 0 Å². The second-order valence-electron chi connectivity index (χ2n) is 4.27. The molecule has 0 aliphatic carbocycles. The van der Waals surface area contributed by atoms with Crippen molar-refractivity contribution in [2.45, 2.75) is 23.6 Å². The summed E-state index contributed by atoms with van der Waals surface area (Å²) in [6.45, 7) is 12.0. The van der Waals surface area contributed by atoms with Gasteiger partial charge in [-0.2, -0.15) is 49.2 Å². The zero-order chi connectivity index (χ0) is 16.2. The van der Waals surface area contributed by atoms with Crippen molar-refractivity contribution < 1.29 is 16.5 Å². The Hall–Kier alpha value is 0.0735. The van der Waals surface area contributed by atoms with Gasteiger partial charge in [0, 0.05) is 11.5 Å². The minimum absolute atomic E-state index is 0. The van der Waals surface area contributed by atoms with E-state index in [1.165, 1.54) is 9.79 Å². The minimum atomic E-state index is 0. The average Bonchev–Trinajstić information content (AvgIpc) is 2.54. The van der Waals surface area contributed by atoms with E-state index in [9.17, 15) is 0 Å². The van der Waals surface area contributed by atoms with Gasteiger partial charge in [-0.05, 0) is 9.79 Å². The topological polar surface area (TPSA) is 0 Å². The number of rotatable bonds is 6. The Kier molecular flexibility index (Phi) is 14.5. The van der Waals surface area contributed by atoms with E-state index < -0.39 is 0 Å². The SMILES string of the molecule is [CH2-]c1ccc(SSCC)cc1.[CH2-]c1ccc(SSCC)cc1.[Ni+2]. The largest absolute Gasteiger partial charge is 2.00 e. The fourth-order valence-corrected chi connectivity index (χ4v) is 4.54. The van der Waals surface area contributed by atoms with Crippen molar-refractivity contribution in [3.63, 3.8) is 0 Å². The summed E-state index contributed by atoms with van der Waals surface area (Å²) in [7, 11) is 7.36. The van der Waals surface area contributed by atoms with E-state index in [1.807, 2.05) is 67.4 Å². The Bertz CT molecular complexity index is 462. The summed E-state index contributed by atoms with van der Waals surface area (Å²) in [6, 6.07) is 16.6. The summed E-state index contributed by atoms with van der Waals surface area (Å²) >= 11 is 0. The minimum Gasteiger partial charge on any atom is -0.199 e. The van der Waals surface area contributed by atoms with E-state index in [-0.39, 0.29) is 16.5 Å². The van der Waals surface area contributed by atoms with Crippen LogP contribution in [0.25, 0.3) is 0 Å². The second kappa shape index (κ2) is 14.4. The van der Waals surface area contributed by atoms with Crippen LogP contribution >= 0.6 is 43.2 Å². The quantitative estimate of drug-likeness (QED) is 0.271. The molecule has 23 heavy (non-hydrogen) atoms. The van der Waals surface area contributed by atoms with Crippen LogP contribution in [0, 0.1) is 13.8 Å².